The molecule has 0 aliphatic heterocycles. The Kier molecular flexibility index (Phi) is 9.09. The van der Waals surface area contributed by atoms with Crippen LogP contribution in [0.25, 0.3) is 0 Å². The van der Waals surface area contributed by atoms with E-state index in [9.17, 15) is 24.3 Å². The van der Waals surface area contributed by atoms with Crippen LogP contribution in [-0.2, 0) is 9.59 Å². The van der Waals surface area contributed by atoms with Crippen LogP contribution in [0.5, 0.6) is 0 Å². The fraction of sp³-hybridized carbons (Fsp3) is 0.286. The molecule has 13 heteroatoms. The van der Waals surface area contributed by atoms with Gasteiger partial charge < -0.3 is 31.3 Å². The Morgan fingerprint density at radius 3 is 2.07 bits per heavy atom. The Hall–Kier alpha value is -0.790. The van der Waals surface area contributed by atoms with Crippen LogP contribution in [0.4, 0.5) is 5.69 Å². The second-order valence-electron chi connectivity index (χ2n) is 5.08. The SMILES string of the molecule is CN(C(=O)CO)c1c(I)c(C(N)=O)c(I)c(C(=O)NCC(O)C(=O)O)c1I. The van der Waals surface area contributed by atoms with Crippen molar-refractivity contribution in [1.82, 2.24) is 5.32 Å². The van der Waals surface area contributed by atoms with E-state index in [0.29, 0.717) is 3.57 Å². The predicted molar refractivity (Wildman–Crippen MR) is 120 cm³/mol. The minimum atomic E-state index is -1.80. The van der Waals surface area contributed by atoms with Crippen LogP contribution in [0.3, 0.4) is 0 Å². The average molecular weight is 717 g/mol. The first kappa shape index (κ1) is 24.2. The van der Waals surface area contributed by atoms with E-state index in [1.54, 1.807) is 45.2 Å². The molecule has 0 aliphatic rings. The number of benzene rings is 1. The van der Waals surface area contributed by atoms with Crippen molar-refractivity contribution in [3.05, 3.63) is 21.8 Å². The number of amides is 3. The Morgan fingerprint density at radius 2 is 1.63 bits per heavy atom. The summed E-state index contributed by atoms with van der Waals surface area (Å²) in [6.45, 7) is -1.34. The zero-order valence-corrected chi connectivity index (χ0v) is 20.1. The number of likely N-dealkylation sites (N-methyl/N-ethyl adjacent to an activating group) is 1. The molecule has 0 bridgehead atoms. The minimum absolute atomic E-state index is 0.00408. The molecule has 0 saturated carbocycles. The van der Waals surface area contributed by atoms with Crippen molar-refractivity contribution in [2.45, 2.75) is 6.10 Å². The van der Waals surface area contributed by atoms with Gasteiger partial charge in [0.1, 0.15) is 6.61 Å². The van der Waals surface area contributed by atoms with Gasteiger partial charge in [-0.2, -0.15) is 0 Å². The maximum absolute atomic E-state index is 12.6. The lowest BCUT2D eigenvalue weighted by molar-refractivity contribution is -0.146. The van der Waals surface area contributed by atoms with Crippen LogP contribution in [0, 0.1) is 10.7 Å². The number of hydrogen-bond acceptors (Lipinski definition) is 6. The topological polar surface area (TPSA) is 170 Å². The average Bonchev–Trinajstić information content (AvgIpc) is 2.57. The van der Waals surface area contributed by atoms with Gasteiger partial charge in [-0.3, -0.25) is 14.4 Å². The van der Waals surface area contributed by atoms with E-state index < -0.39 is 42.9 Å². The summed E-state index contributed by atoms with van der Waals surface area (Å²) in [6.07, 6.45) is -1.80. The number of aliphatic carboxylic acids is 1. The molecule has 0 spiro atoms. The van der Waals surface area contributed by atoms with Crippen LogP contribution in [0.1, 0.15) is 20.7 Å². The molecule has 1 rings (SSSR count). The summed E-state index contributed by atoms with van der Waals surface area (Å²) >= 11 is 5.38. The molecule has 27 heavy (non-hydrogen) atoms. The zero-order chi connectivity index (χ0) is 21.0. The Labute approximate surface area is 194 Å². The molecule has 0 heterocycles. The number of nitrogens with zero attached hydrogens (tertiary/aromatic N) is 1. The van der Waals surface area contributed by atoms with Gasteiger partial charge in [0.05, 0.1) is 30.5 Å². The highest BCUT2D eigenvalue weighted by Gasteiger charge is 2.30. The lowest BCUT2D eigenvalue weighted by Crippen LogP contribution is -2.38. The first-order chi connectivity index (χ1) is 12.4. The lowest BCUT2D eigenvalue weighted by atomic mass is 10.1. The van der Waals surface area contributed by atoms with Crippen LogP contribution in [-0.4, -0.2) is 65.3 Å². The van der Waals surface area contributed by atoms with Crippen molar-refractivity contribution in [2.75, 3.05) is 25.1 Å². The number of aliphatic hydroxyl groups is 2. The molecule has 1 aromatic carbocycles. The van der Waals surface area contributed by atoms with E-state index in [1.165, 1.54) is 7.05 Å². The van der Waals surface area contributed by atoms with Gasteiger partial charge >= 0.3 is 5.97 Å². The Balaban J connectivity index is 3.57. The van der Waals surface area contributed by atoms with E-state index in [2.05, 4.69) is 5.32 Å². The standard InChI is InChI=1S/C14H14I3N3O7/c1-20(5(23)3-21)11-9(16)6(12(18)24)8(15)7(10(11)17)13(25)19-2-4(22)14(26)27/h4,21-22H,2-3H2,1H3,(H2,18,24)(H,19,25)(H,26,27). The number of nitrogens with one attached hydrogen (secondary N) is 1. The number of nitrogens with two attached hydrogens (primary N) is 1. The van der Waals surface area contributed by atoms with Crippen molar-refractivity contribution in [3.63, 3.8) is 0 Å². The van der Waals surface area contributed by atoms with Crippen molar-refractivity contribution in [1.29, 1.82) is 0 Å². The monoisotopic (exact) mass is 717 g/mol. The van der Waals surface area contributed by atoms with Crippen molar-refractivity contribution < 1.29 is 34.5 Å². The predicted octanol–water partition coefficient (Wildman–Crippen LogP) is -0.270. The van der Waals surface area contributed by atoms with Gasteiger partial charge in [-0.1, -0.05) is 0 Å². The molecule has 1 atom stereocenters. The number of carboxylic acid groups (broad SMARTS) is 1. The number of primary amides is 1. The van der Waals surface area contributed by atoms with Gasteiger partial charge in [0.2, 0.25) is 0 Å². The molecule has 148 valence electrons. The number of carbonyl (C=O) groups excluding carboxylic acids is 3. The van der Waals surface area contributed by atoms with Crippen LogP contribution in [0.15, 0.2) is 0 Å². The highest BCUT2D eigenvalue weighted by atomic mass is 127. The molecule has 0 aromatic heterocycles. The van der Waals surface area contributed by atoms with Crippen LogP contribution >= 0.6 is 67.8 Å². The quantitative estimate of drug-likeness (QED) is 0.242. The van der Waals surface area contributed by atoms with E-state index in [-0.39, 0.29) is 24.0 Å². The second kappa shape index (κ2) is 10.1. The number of anilines is 1. The minimum Gasteiger partial charge on any atom is -0.479 e. The van der Waals surface area contributed by atoms with Gasteiger partial charge in [-0.25, -0.2) is 4.79 Å². The molecular weight excluding hydrogens is 703 g/mol. The van der Waals surface area contributed by atoms with Crippen LogP contribution < -0.4 is 16.0 Å². The molecule has 0 saturated heterocycles. The molecule has 0 radical (unpaired) electrons. The number of hydrogen-bond donors (Lipinski definition) is 5. The zero-order valence-electron chi connectivity index (χ0n) is 13.6. The maximum Gasteiger partial charge on any atom is 0.334 e. The Bertz CT molecular complexity index is 816. The van der Waals surface area contributed by atoms with Gasteiger partial charge in [0.15, 0.2) is 6.10 Å². The summed E-state index contributed by atoms with van der Waals surface area (Å²) in [5.74, 6) is -3.76. The third kappa shape index (κ3) is 5.39. The molecule has 0 aliphatic carbocycles. The molecule has 10 nitrogen and oxygen atoms in total. The fourth-order valence-corrected chi connectivity index (χ4v) is 6.87. The number of carboxylic acids is 1. The lowest BCUT2D eigenvalue weighted by Gasteiger charge is -2.24. The van der Waals surface area contributed by atoms with E-state index in [4.69, 9.17) is 15.9 Å². The third-order valence-corrected chi connectivity index (χ3v) is 6.53. The van der Waals surface area contributed by atoms with Gasteiger partial charge in [0.25, 0.3) is 17.7 Å². The van der Waals surface area contributed by atoms with E-state index in [0.717, 1.165) is 4.90 Å². The molecule has 1 unspecified atom stereocenters. The summed E-state index contributed by atoms with van der Waals surface area (Å²) in [4.78, 5) is 48.2. The summed E-state index contributed by atoms with van der Waals surface area (Å²) in [6, 6.07) is 0. The smallest absolute Gasteiger partial charge is 0.334 e. The summed E-state index contributed by atoms with van der Waals surface area (Å²) in [7, 11) is 1.37. The summed E-state index contributed by atoms with van der Waals surface area (Å²) in [5.41, 5.74) is 5.63. The number of aliphatic hydroxyl groups excluding tert-OH is 2. The summed E-state index contributed by atoms with van der Waals surface area (Å²) in [5, 5.41) is 29.4. The number of halogens is 3. The molecule has 6 N–H and O–H groups in total. The van der Waals surface area contributed by atoms with Crippen molar-refractivity contribution >= 4 is 97.2 Å². The highest BCUT2D eigenvalue weighted by molar-refractivity contribution is 14.1. The first-order valence-electron chi connectivity index (χ1n) is 7.02. The first-order valence-corrected chi connectivity index (χ1v) is 10.3. The summed E-state index contributed by atoms with van der Waals surface area (Å²) < 4.78 is 0.822. The normalized spacial score (nSPS) is 11.6. The third-order valence-electron chi connectivity index (χ3n) is 3.35. The van der Waals surface area contributed by atoms with Crippen LogP contribution in [0.2, 0.25) is 0 Å². The maximum atomic E-state index is 12.6. The molecule has 0 fully saturated rings. The largest absolute Gasteiger partial charge is 0.479 e. The second-order valence-corrected chi connectivity index (χ2v) is 8.32. The van der Waals surface area contributed by atoms with E-state index in [1.807, 2.05) is 22.6 Å². The van der Waals surface area contributed by atoms with Gasteiger partial charge in [-0.15, -0.1) is 0 Å². The van der Waals surface area contributed by atoms with Gasteiger partial charge in [0, 0.05) is 10.6 Å². The van der Waals surface area contributed by atoms with Crippen molar-refractivity contribution in [3.8, 4) is 0 Å². The number of rotatable bonds is 7. The molecule has 1 aromatic rings. The molecular formula is C14H14I3N3O7. The fourth-order valence-electron chi connectivity index (χ4n) is 1.96. The molecule has 3 amide bonds. The van der Waals surface area contributed by atoms with Gasteiger partial charge in [-0.05, 0) is 67.8 Å². The van der Waals surface area contributed by atoms with E-state index >= 15 is 0 Å². The van der Waals surface area contributed by atoms with Crippen molar-refractivity contribution in [2.24, 2.45) is 5.73 Å². The highest BCUT2D eigenvalue weighted by Crippen LogP contribution is 2.37. The number of carbonyl (C=O) groups is 4. The Morgan fingerprint density at radius 1 is 1.11 bits per heavy atom.